The Bertz CT molecular complexity index is 674. The first-order valence-corrected chi connectivity index (χ1v) is 7.98. The van der Waals surface area contributed by atoms with Crippen LogP contribution in [0.3, 0.4) is 0 Å². The van der Waals surface area contributed by atoms with Gasteiger partial charge in [-0.25, -0.2) is 4.79 Å². The largest absolute Gasteiger partial charge is 0.480 e. The number of aliphatic carboxylic acids is 1. The lowest BCUT2D eigenvalue weighted by atomic mass is 10.1. The van der Waals surface area contributed by atoms with Crippen molar-refractivity contribution in [3.05, 3.63) is 35.4 Å². The zero-order chi connectivity index (χ0) is 17.3. The van der Waals surface area contributed by atoms with Crippen molar-refractivity contribution in [3.8, 4) is 0 Å². The average molecular weight is 330 g/mol. The summed E-state index contributed by atoms with van der Waals surface area (Å²) in [7, 11) is 0. The van der Waals surface area contributed by atoms with Crippen LogP contribution in [0.1, 0.15) is 46.4 Å². The van der Waals surface area contributed by atoms with Crippen LogP contribution in [0.15, 0.2) is 24.3 Å². The lowest BCUT2D eigenvalue weighted by Gasteiger charge is -2.23. The van der Waals surface area contributed by atoms with Gasteiger partial charge in [0.2, 0.25) is 5.91 Å². The molecule has 2 heterocycles. The molecule has 1 aromatic rings. The van der Waals surface area contributed by atoms with E-state index in [9.17, 15) is 24.3 Å². The number of fused-ring (bicyclic) bond motifs is 1. The third-order valence-corrected chi connectivity index (χ3v) is 4.51. The second kappa shape index (κ2) is 6.43. The van der Waals surface area contributed by atoms with Gasteiger partial charge in [0.25, 0.3) is 11.8 Å². The Hall–Kier alpha value is -2.70. The lowest BCUT2D eigenvalue weighted by Crippen LogP contribution is -2.45. The Morgan fingerprint density at radius 3 is 2.08 bits per heavy atom. The number of rotatable bonds is 5. The highest BCUT2D eigenvalue weighted by Gasteiger charge is 2.42. The predicted molar refractivity (Wildman–Crippen MR) is 83.4 cm³/mol. The van der Waals surface area contributed by atoms with E-state index in [1.165, 1.54) is 12.1 Å². The van der Waals surface area contributed by atoms with Crippen LogP contribution in [0.4, 0.5) is 0 Å². The summed E-state index contributed by atoms with van der Waals surface area (Å²) in [6.45, 7) is 1.37. The maximum absolute atomic E-state index is 12.4. The Balaban J connectivity index is 1.75. The molecular formula is C17H18N2O5. The summed E-state index contributed by atoms with van der Waals surface area (Å²) < 4.78 is 0. The summed E-state index contributed by atoms with van der Waals surface area (Å²) in [4.78, 5) is 51.0. The van der Waals surface area contributed by atoms with Gasteiger partial charge in [0.05, 0.1) is 11.1 Å². The van der Waals surface area contributed by atoms with Crippen LogP contribution in [-0.4, -0.2) is 57.7 Å². The van der Waals surface area contributed by atoms with E-state index < -0.39 is 23.8 Å². The highest BCUT2D eigenvalue weighted by molar-refractivity contribution is 6.22. The topological polar surface area (TPSA) is 95.0 Å². The number of nitrogens with zero attached hydrogens (tertiary/aromatic N) is 2. The molecule has 0 unspecified atom stereocenters. The molecule has 1 aromatic carbocycles. The van der Waals surface area contributed by atoms with E-state index in [-0.39, 0.29) is 29.9 Å². The molecule has 7 heteroatoms. The second-order valence-corrected chi connectivity index (χ2v) is 6.01. The van der Waals surface area contributed by atoms with Crippen molar-refractivity contribution < 1.29 is 24.3 Å². The van der Waals surface area contributed by atoms with E-state index in [0.717, 1.165) is 17.7 Å². The van der Waals surface area contributed by atoms with E-state index >= 15 is 0 Å². The number of benzene rings is 1. The fourth-order valence-corrected chi connectivity index (χ4v) is 3.24. The molecule has 0 aromatic heterocycles. The van der Waals surface area contributed by atoms with Crippen molar-refractivity contribution in [2.75, 3.05) is 13.1 Å². The van der Waals surface area contributed by atoms with Crippen LogP contribution in [0.5, 0.6) is 0 Å². The second-order valence-electron chi connectivity index (χ2n) is 6.01. The van der Waals surface area contributed by atoms with Gasteiger partial charge in [0.15, 0.2) is 0 Å². The fourth-order valence-electron chi connectivity index (χ4n) is 3.24. The Morgan fingerprint density at radius 2 is 1.58 bits per heavy atom. The standard InChI is InChI=1S/C17H18N2O5/c20-14(18-9-3-4-10-18)8-7-13(17(23)24)19-15(21)11-5-1-2-6-12(11)16(19)22/h1-2,5-6,13H,3-4,7-10H2,(H,23,24)/t13-/m0/s1. The minimum atomic E-state index is -1.33. The molecule has 2 aliphatic heterocycles. The number of carboxylic acids is 1. The number of likely N-dealkylation sites (tertiary alicyclic amines) is 1. The molecule has 1 fully saturated rings. The number of carbonyl (C=O) groups excluding carboxylic acids is 3. The molecular weight excluding hydrogens is 312 g/mol. The molecule has 3 rings (SSSR count). The zero-order valence-electron chi connectivity index (χ0n) is 13.1. The van der Waals surface area contributed by atoms with Crippen molar-refractivity contribution in [1.82, 2.24) is 9.80 Å². The Kier molecular flexibility index (Phi) is 4.33. The van der Waals surface area contributed by atoms with Gasteiger partial charge in [-0.1, -0.05) is 12.1 Å². The molecule has 0 bridgehead atoms. The van der Waals surface area contributed by atoms with E-state index in [4.69, 9.17) is 0 Å². The van der Waals surface area contributed by atoms with Gasteiger partial charge < -0.3 is 10.0 Å². The summed E-state index contributed by atoms with van der Waals surface area (Å²) in [5, 5.41) is 9.46. The van der Waals surface area contributed by atoms with E-state index in [0.29, 0.717) is 13.1 Å². The molecule has 0 spiro atoms. The van der Waals surface area contributed by atoms with Crippen molar-refractivity contribution in [1.29, 1.82) is 0 Å². The highest BCUT2D eigenvalue weighted by Crippen LogP contribution is 2.26. The van der Waals surface area contributed by atoms with Gasteiger partial charge in [0, 0.05) is 19.5 Å². The first kappa shape index (κ1) is 16.2. The average Bonchev–Trinajstić information content (AvgIpc) is 3.18. The van der Waals surface area contributed by atoms with Gasteiger partial charge in [0.1, 0.15) is 6.04 Å². The van der Waals surface area contributed by atoms with Crippen LogP contribution >= 0.6 is 0 Å². The number of amides is 3. The highest BCUT2D eigenvalue weighted by atomic mass is 16.4. The minimum absolute atomic E-state index is 0.00434. The number of hydrogen-bond donors (Lipinski definition) is 1. The monoisotopic (exact) mass is 330 g/mol. The quantitative estimate of drug-likeness (QED) is 0.817. The number of carboxylic acid groups (broad SMARTS) is 1. The molecule has 2 aliphatic rings. The summed E-state index contributed by atoms with van der Waals surface area (Å²) in [5.41, 5.74) is 0.416. The molecule has 7 nitrogen and oxygen atoms in total. The zero-order valence-corrected chi connectivity index (χ0v) is 13.1. The van der Waals surface area contributed by atoms with Crippen LogP contribution < -0.4 is 0 Å². The molecule has 3 amide bonds. The molecule has 0 aliphatic carbocycles. The fraction of sp³-hybridized carbons (Fsp3) is 0.412. The van der Waals surface area contributed by atoms with Gasteiger partial charge in [-0.15, -0.1) is 0 Å². The smallest absolute Gasteiger partial charge is 0.326 e. The van der Waals surface area contributed by atoms with Crippen molar-refractivity contribution in [3.63, 3.8) is 0 Å². The maximum Gasteiger partial charge on any atom is 0.326 e. The van der Waals surface area contributed by atoms with Crippen molar-refractivity contribution >= 4 is 23.7 Å². The molecule has 1 atom stereocenters. The molecule has 1 N–H and O–H groups in total. The Labute approximate surface area is 138 Å². The SMILES string of the molecule is O=C(O)[C@H](CCC(=O)N1CCCC1)N1C(=O)c2ccccc2C1=O. The normalized spacial score (nSPS) is 18.0. The summed E-state index contributed by atoms with van der Waals surface area (Å²) in [5.74, 6) is -2.64. The predicted octanol–water partition coefficient (Wildman–Crippen LogP) is 1.14. The van der Waals surface area contributed by atoms with Crippen LogP contribution in [0, 0.1) is 0 Å². The summed E-state index contributed by atoms with van der Waals surface area (Å²) in [6.07, 6.45) is 1.83. The van der Waals surface area contributed by atoms with E-state index in [1.54, 1.807) is 17.0 Å². The third-order valence-electron chi connectivity index (χ3n) is 4.51. The third kappa shape index (κ3) is 2.77. The van der Waals surface area contributed by atoms with Crippen molar-refractivity contribution in [2.24, 2.45) is 0 Å². The summed E-state index contributed by atoms with van der Waals surface area (Å²) in [6, 6.07) is 4.93. The van der Waals surface area contributed by atoms with Gasteiger partial charge in [-0.05, 0) is 31.4 Å². The number of hydrogen-bond acceptors (Lipinski definition) is 4. The van der Waals surface area contributed by atoms with Gasteiger partial charge in [-0.3, -0.25) is 19.3 Å². The van der Waals surface area contributed by atoms with Crippen molar-refractivity contribution in [2.45, 2.75) is 31.7 Å². The van der Waals surface area contributed by atoms with Crippen LogP contribution in [0.25, 0.3) is 0 Å². The first-order valence-electron chi connectivity index (χ1n) is 7.98. The molecule has 0 radical (unpaired) electrons. The molecule has 1 saturated heterocycles. The van der Waals surface area contributed by atoms with Crippen LogP contribution in [0.2, 0.25) is 0 Å². The number of imide groups is 1. The minimum Gasteiger partial charge on any atom is -0.480 e. The van der Waals surface area contributed by atoms with Gasteiger partial charge in [-0.2, -0.15) is 0 Å². The van der Waals surface area contributed by atoms with Gasteiger partial charge >= 0.3 is 5.97 Å². The molecule has 0 saturated carbocycles. The number of carbonyl (C=O) groups is 4. The lowest BCUT2D eigenvalue weighted by molar-refractivity contribution is -0.142. The van der Waals surface area contributed by atoms with E-state index in [2.05, 4.69) is 0 Å². The molecule has 24 heavy (non-hydrogen) atoms. The Morgan fingerprint density at radius 1 is 1.04 bits per heavy atom. The van der Waals surface area contributed by atoms with E-state index in [1.807, 2.05) is 0 Å². The molecule has 126 valence electrons. The first-order chi connectivity index (χ1) is 11.5. The maximum atomic E-state index is 12.4. The van der Waals surface area contributed by atoms with Crippen LogP contribution in [-0.2, 0) is 9.59 Å². The summed E-state index contributed by atoms with van der Waals surface area (Å²) >= 11 is 0.